The third kappa shape index (κ3) is 3.10. The Morgan fingerprint density at radius 2 is 2.12 bits per heavy atom. The zero-order valence-corrected chi connectivity index (χ0v) is 12.4. The molecule has 1 unspecified atom stereocenters. The lowest BCUT2D eigenvalue weighted by molar-refractivity contribution is 0.0586. The van der Waals surface area contributed by atoms with Gasteiger partial charge in [0, 0.05) is 31.7 Å². The van der Waals surface area contributed by atoms with E-state index in [0.717, 1.165) is 14.9 Å². The molecule has 90 valence electrons. The molecule has 1 aromatic carbocycles. The molecule has 0 amide bonds. The first-order valence-electron chi connectivity index (χ1n) is 5.19. The summed E-state index contributed by atoms with van der Waals surface area (Å²) in [5.74, 6) is 0. The highest BCUT2D eigenvalue weighted by atomic mass is 79.9. The Morgan fingerprint density at radius 1 is 1.41 bits per heavy atom. The van der Waals surface area contributed by atoms with Crippen LogP contribution in [0.3, 0.4) is 0 Å². The van der Waals surface area contributed by atoms with Crippen LogP contribution in [0.25, 0.3) is 0 Å². The van der Waals surface area contributed by atoms with Gasteiger partial charge in [-0.2, -0.15) is 0 Å². The molecule has 0 radical (unpaired) electrons. The standard InChI is InChI=1S/C13H12BrClOS/c1-13(16,7-10-6-9(14)8-17-10)11-4-2-3-5-12(11)15/h2-6,8,16H,7H2,1H3. The van der Waals surface area contributed by atoms with Crippen LogP contribution in [0.2, 0.25) is 5.02 Å². The van der Waals surface area contributed by atoms with Crippen molar-refractivity contribution in [3.8, 4) is 0 Å². The summed E-state index contributed by atoms with van der Waals surface area (Å²) in [6.45, 7) is 1.79. The van der Waals surface area contributed by atoms with Crippen molar-refractivity contribution in [3.05, 3.63) is 55.6 Å². The number of aliphatic hydroxyl groups is 1. The second-order valence-electron chi connectivity index (χ2n) is 4.16. The Kier molecular flexibility index (Phi) is 3.93. The van der Waals surface area contributed by atoms with E-state index in [4.69, 9.17) is 11.6 Å². The highest BCUT2D eigenvalue weighted by Gasteiger charge is 2.26. The van der Waals surface area contributed by atoms with Crippen LogP contribution in [0.15, 0.2) is 40.2 Å². The Morgan fingerprint density at radius 3 is 2.71 bits per heavy atom. The predicted octanol–water partition coefficient (Wildman–Crippen LogP) is 4.61. The second kappa shape index (κ2) is 5.11. The molecule has 17 heavy (non-hydrogen) atoms. The highest BCUT2D eigenvalue weighted by molar-refractivity contribution is 9.10. The molecule has 0 aliphatic heterocycles. The fraction of sp³-hybridized carbons (Fsp3) is 0.231. The SMILES string of the molecule is CC(O)(Cc1cc(Br)cs1)c1ccccc1Cl. The quantitative estimate of drug-likeness (QED) is 0.870. The summed E-state index contributed by atoms with van der Waals surface area (Å²) in [4.78, 5) is 1.13. The molecule has 0 spiro atoms. The lowest BCUT2D eigenvalue weighted by Crippen LogP contribution is -2.24. The van der Waals surface area contributed by atoms with Gasteiger partial charge in [0.2, 0.25) is 0 Å². The Hall–Kier alpha value is -0.350. The molecule has 0 bridgehead atoms. The molecule has 4 heteroatoms. The summed E-state index contributed by atoms with van der Waals surface area (Å²) in [6, 6.07) is 9.44. The first kappa shape index (κ1) is 13.1. The van der Waals surface area contributed by atoms with E-state index < -0.39 is 5.60 Å². The smallest absolute Gasteiger partial charge is 0.0930 e. The van der Waals surface area contributed by atoms with Crippen LogP contribution in [0.4, 0.5) is 0 Å². The lowest BCUT2D eigenvalue weighted by atomic mass is 9.92. The fourth-order valence-corrected chi connectivity index (χ4v) is 3.72. The van der Waals surface area contributed by atoms with Gasteiger partial charge < -0.3 is 5.11 Å². The zero-order valence-electron chi connectivity index (χ0n) is 9.28. The summed E-state index contributed by atoms with van der Waals surface area (Å²) < 4.78 is 1.05. The monoisotopic (exact) mass is 330 g/mol. The van der Waals surface area contributed by atoms with E-state index in [0.29, 0.717) is 11.4 Å². The minimum atomic E-state index is -0.942. The van der Waals surface area contributed by atoms with E-state index in [9.17, 15) is 5.11 Å². The van der Waals surface area contributed by atoms with Crippen LogP contribution < -0.4 is 0 Å². The number of halogens is 2. The van der Waals surface area contributed by atoms with Crippen molar-refractivity contribution in [2.45, 2.75) is 18.9 Å². The van der Waals surface area contributed by atoms with E-state index >= 15 is 0 Å². The van der Waals surface area contributed by atoms with Gasteiger partial charge in [0.25, 0.3) is 0 Å². The maximum atomic E-state index is 10.5. The average molecular weight is 332 g/mol. The number of hydrogen-bond donors (Lipinski definition) is 1. The molecular formula is C13H12BrClOS. The molecule has 0 saturated carbocycles. The van der Waals surface area contributed by atoms with Crippen molar-refractivity contribution in [3.63, 3.8) is 0 Å². The lowest BCUT2D eigenvalue weighted by Gasteiger charge is -2.24. The summed E-state index contributed by atoms with van der Waals surface area (Å²) in [6.07, 6.45) is 0.562. The van der Waals surface area contributed by atoms with Crippen molar-refractivity contribution in [1.82, 2.24) is 0 Å². The Balaban J connectivity index is 2.27. The molecule has 1 heterocycles. The van der Waals surface area contributed by atoms with E-state index in [-0.39, 0.29) is 0 Å². The van der Waals surface area contributed by atoms with Gasteiger partial charge in [-0.25, -0.2) is 0 Å². The minimum Gasteiger partial charge on any atom is -0.385 e. The fourth-order valence-electron chi connectivity index (χ4n) is 1.78. The molecule has 0 aliphatic rings. The molecular weight excluding hydrogens is 320 g/mol. The van der Waals surface area contributed by atoms with Crippen molar-refractivity contribution >= 4 is 38.9 Å². The third-order valence-electron chi connectivity index (χ3n) is 2.59. The number of benzene rings is 1. The number of rotatable bonds is 3. The maximum absolute atomic E-state index is 10.5. The van der Waals surface area contributed by atoms with Crippen LogP contribution in [-0.4, -0.2) is 5.11 Å². The average Bonchev–Trinajstić information content (AvgIpc) is 2.63. The molecule has 1 aromatic heterocycles. The van der Waals surface area contributed by atoms with Crippen molar-refractivity contribution < 1.29 is 5.11 Å². The molecule has 2 rings (SSSR count). The number of thiophene rings is 1. The van der Waals surface area contributed by atoms with E-state index in [1.165, 1.54) is 0 Å². The Bertz CT molecular complexity index is 522. The van der Waals surface area contributed by atoms with Crippen molar-refractivity contribution in [1.29, 1.82) is 0 Å². The van der Waals surface area contributed by atoms with Gasteiger partial charge in [0.1, 0.15) is 0 Å². The first-order chi connectivity index (χ1) is 7.99. The maximum Gasteiger partial charge on any atom is 0.0930 e. The molecule has 0 saturated heterocycles. The summed E-state index contributed by atoms with van der Waals surface area (Å²) in [7, 11) is 0. The topological polar surface area (TPSA) is 20.2 Å². The largest absolute Gasteiger partial charge is 0.385 e. The summed E-state index contributed by atoms with van der Waals surface area (Å²) >= 11 is 11.2. The first-order valence-corrected chi connectivity index (χ1v) is 7.24. The van der Waals surface area contributed by atoms with Gasteiger partial charge in [-0.1, -0.05) is 29.8 Å². The van der Waals surface area contributed by atoms with Crippen LogP contribution in [0, 0.1) is 0 Å². The molecule has 1 atom stereocenters. The van der Waals surface area contributed by atoms with Gasteiger partial charge >= 0.3 is 0 Å². The third-order valence-corrected chi connectivity index (χ3v) is 4.62. The van der Waals surface area contributed by atoms with E-state index in [2.05, 4.69) is 15.9 Å². The molecule has 1 N–H and O–H groups in total. The minimum absolute atomic E-state index is 0.562. The summed E-state index contributed by atoms with van der Waals surface area (Å²) in [5.41, 5.74) is -0.172. The van der Waals surface area contributed by atoms with Gasteiger partial charge in [0.05, 0.1) is 5.60 Å². The molecule has 1 nitrogen and oxygen atoms in total. The van der Waals surface area contributed by atoms with Gasteiger partial charge in [-0.3, -0.25) is 0 Å². The van der Waals surface area contributed by atoms with Gasteiger partial charge in [-0.15, -0.1) is 11.3 Å². The van der Waals surface area contributed by atoms with Crippen LogP contribution in [0.1, 0.15) is 17.4 Å². The van der Waals surface area contributed by atoms with Crippen LogP contribution in [-0.2, 0) is 12.0 Å². The highest BCUT2D eigenvalue weighted by Crippen LogP contribution is 2.33. The molecule has 0 aliphatic carbocycles. The van der Waals surface area contributed by atoms with Gasteiger partial charge in [0.15, 0.2) is 0 Å². The summed E-state index contributed by atoms with van der Waals surface area (Å²) in [5, 5.41) is 13.2. The number of hydrogen-bond acceptors (Lipinski definition) is 2. The molecule has 0 fully saturated rings. The van der Waals surface area contributed by atoms with Crippen LogP contribution >= 0.6 is 38.9 Å². The van der Waals surface area contributed by atoms with Gasteiger partial charge in [-0.05, 0) is 35.0 Å². The molecule has 2 aromatic rings. The van der Waals surface area contributed by atoms with Crippen molar-refractivity contribution in [2.75, 3.05) is 0 Å². The van der Waals surface area contributed by atoms with Crippen molar-refractivity contribution in [2.24, 2.45) is 0 Å². The normalized spacial score (nSPS) is 14.6. The predicted molar refractivity (Wildman–Crippen MR) is 76.7 cm³/mol. The second-order valence-corrected chi connectivity index (χ2v) is 6.48. The Labute approximate surface area is 118 Å². The van der Waals surface area contributed by atoms with Crippen LogP contribution in [0.5, 0.6) is 0 Å². The zero-order chi connectivity index (χ0) is 12.5. The van der Waals surface area contributed by atoms with E-state index in [1.807, 2.05) is 29.6 Å². The van der Waals surface area contributed by atoms with E-state index in [1.54, 1.807) is 24.3 Å².